The van der Waals surface area contributed by atoms with Crippen molar-refractivity contribution in [1.29, 1.82) is 0 Å². The maximum atomic E-state index is 11.9. The molecule has 15 heteroatoms. The number of hydrogen-bond donors (Lipinski definition) is 3. The molecule has 174 valence electrons. The molecule has 0 bridgehead atoms. The summed E-state index contributed by atoms with van der Waals surface area (Å²) in [6.45, 7) is 1.12. The minimum Gasteiger partial charge on any atom is -0.462 e. The average molecular weight is 478 g/mol. The number of esters is 2. The molecular weight excluding hydrogens is 460 g/mol. The molecule has 0 saturated carbocycles. The van der Waals surface area contributed by atoms with Gasteiger partial charge < -0.3 is 15.2 Å². The van der Waals surface area contributed by atoms with E-state index < -0.39 is 35.3 Å². The number of hydrogen-bond acceptors (Lipinski definition) is 12. The van der Waals surface area contributed by atoms with Crippen molar-refractivity contribution in [2.45, 2.75) is 12.1 Å². The van der Waals surface area contributed by atoms with Crippen molar-refractivity contribution < 1.29 is 33.6 Å². The molecule has 1 aromatic heterocycles. The Morgan fingerprint density at radius 1 is 1.15 bits per heavy atom. The van der Waals surface area contributed by atoms with E-state index in [4.69, 9.17) is 15.2 Å². The molecule has 33 heavy (non-hydrogen) atoms. The summed E-state index contributed by atoms with van der Waals surface area (Å²) >= 11 is 0.869. The molecule has 2 amide bonds. The Labute approximate surface area is 190 Å². The van der Waals surface area contributed by atoms with E-state index in [0.29, 0.717) is 0 Å². The second-order valence-electron chi connectivity index (χ2n) is 5.93. The van der Waals surface area contributed by atoms with Gasteiger partial charge in [-0.3, -0.25) is 35.3 Å². The predicted octanol–water partition coefficient (Wildman–Crippen LogP) is 0.240. The molecule has 0 saturated heterocycles. The van der Waals surface area contributed by atoms with Crippen LogP contribution in [-0.2, 0) is 19.1 Å². The van der Waals surface area contributed by atoms with Crippen LogP contribution in [0, 0.1) is 10.1 Å². The van der Waals surface area contributed by atoms with Gasteiger partial charge in [-0.2, -0.15) is 0 Å². The largest absolute Gasteiger partial charge is 0.462 e. The minimum atomic E-state index is -0.817. The molecule has 0 fully saturated rings. The molecule has 0 spiro atoms. The molecule has 0 aliphatic rings. The van der Waals surface area contributed by atoms with Crippen molar-refractivity contribution in [2.75, 3.05) is 24.7 Å². The number of nitro groups is 1. The first kappa shape index (κ1) is 25.0. The second kappa shape index (κ2) is 11.9. The fourth-order valence-electron chi connectivity index (χ4n) is 2.09. The zero-order valence-corrected chi connectivity index (χ0v) is 17.9. The number of nitrogens with two attached hydrogens (primary N) is 1. The molecule has 1 aromatic carbocycles. The van der Waals surface area contributed by atoms with Crippen molar-refractivity contribution in [3.8, 4) is 0 Å². The zero-order valence-electron chi connectivity index (χ0n) is 17.1. The summed E-state index contributed by atoms with van der Waals surface area (Å²) in [6, 6.07) is 4.70. The van der Waals surface area contributed by atoms with Crippen LogP contribution in [-0.4, -0.2) is 57.6 Å². The van der Waals surface area contributed by atoms with Gasteiger partial charge in [-0.1, -0.05) is 11.8 Å². The third kappa shape index (κ3) is 7.73. The molecule has 0 radical (unpaired) electrons. The number of nitrogens with zero attached hydrogens (tertiary/aromatic N) is 3. The highest BCUT2D eigenvalue weighted by Crippen LogP contribution is 2.17. The van der Waals surface area contributed by atoms with Crippen molar-refractivity contribution in [3.05, 3.63) is 51.7 Å². The average Bonchev–Trinajstić information content (AvgIpc) is 2.80. The lowest BCUT2D eigenvalue weighted by atomic mass is 10.2. The van der Waals surface area contributed by atoms with E-state index in [2.05, 4.69) is 15.4 Å². The number of anilines is 1. The summed E-state index contributed by atoms with van der Waals surface area (Å²) in [5.41, 5.74) is 9.68. The van der Waals surface area contributed by atoms with Gasteiger partial charge in [-0.25, -0.2) is 14.8 Å². The van der Waals surface area contributed by atoms with Crippen LogP contribution in [0.5, 0.6) is 0 Å². The van der Waals surface area contributed by atoms with Gasteiger partial charge in [0.15, 0.2) is 11.8 Å². The summed E-state index contributed by atoms with van der Waals surface area (Å²) in [7, 11) is 0. The molecule has 1 heterocycles. The van der Waals surface area contributed by atoms with E-state index in [1.165, 1.54) is 18.3 Å². The SMILES string of the molecule is CCOC(=O)c1cnc(SCC(=O)OCC(=O)NNC(=O)c2ccc([N+](=O)[O-])cc2)nc1N. The van der Waals surface area contributed by atoms with Crippen LogP contribution in [0.15, 0.2) is 35.6 Å². The number of hydrazine groups is 1. The number of non-ortho nitro benzene ring substituents is 1. The number of nitrogens with one attached hydrogen (secondary N) is 2. The second-order valence-corrected chi connectivity index (χ2v) is 6.87. The Bertz CT molecular complexity index is 1060. The third-order valence-electron chi connectivity index (χ3n) is 3.63. The molecular formula is C18H18N6O8S. The van der Waals surface area contributed by atoms with Crippen molar-refractivity contribution in [1.82, 2.24) is 20.8 Å². The van der Waals surface area contributed by atoms with Crippen LogP contribution in [0.25, 0.3) is 0 Å². The number of nitro benzene ring substituents is 1. The lowest BCUT2D eigenvalue weighted by Crippen LogP contribution is -2.43. The van der Waals surface area contributed by atoms with Crippen LogP contribution in [0.1, 0.15) is 27.6 Å². The standard InChI is InChI=1S/C18H18N6O8S/c1-2-31-17(28)12-7-20-18(21-15(12)19)33-9-14(26)32-8-13(25)22-23-16(27)10-3-5-11(6-4-10)24(29)30/h3-7H,2,8-9H2,1H3,(H,22,25)(H,23,27)(H2,19,20,21). The highest BCUT2D eigenvalue weighted by molar-refractivity contribution is 7.99. The number of rotatable bonds is 9. The normalized spacial score (nSPS) is 10.1. The first-order valence-corrected chi connectivity index (χ1v) is 10.1. The maximum Gasteiger partial charge on any atom is 0.343 e. The maximum absolute atomic E-state index is 11.9. The number of nitrogen functional groups attached to an aromatic ring is 1. The third-order valence-corrected chi connectivity index (χ3v) is 4.47. The Hall–Kier alpha value is -4.27. The van der Waals surface area contributed by atoms with Gasteiger partial charge in [0.25, 0.3) is 17.5 Å². The molecule has 2 rings (SSSR count). The smallest absolute Gasteiger partial charge is 0.343 e. The number of benzene rings is 1. The quantitative estimate of drug-likeness (QED) is 0.146. The van der Waals surface area contributed by atoms with E-state index in [-0.39, 0.29) is 40.1 Å². The van der Waals surface area contributed by atoms with Crippen molar-refractivity contribution in [3.63, 3.8) is 0 Å². The van der Waals surface area contributed by atoms with Gasteiger partial charge in [-0.05, 0) is 19.1 Å². The van der Waals surface area contributed by atoms with Crippen LogP contribution in [0.3, 0.4) is 0 Å². The molecule has 4 N–H and O–H groups in total. The van der Waals surface area contributed by atoms with E-state index in [9.17, 15) is 29.3 Å². The Balaban J connectivity index is 1.73. The number of carbonyl (C=O) groups is 4. The van der Waals surface area contributed by atoms with E-state index in [0.717, 1.165) is 23.9 Å². The number of carbonyl (C=O) groups excluding carboxylic acids is 4. The molecule has 0 atom stereocenters. The summed E-state index contributed by atoms with van der Waals surface area (Å²) in [6.07, 6.45) is 1.18. The van der Waals surface area contributed by atoms with Gasteiger partial charge in [0.05, 0.1) is 17.3 Å². The molecule has 2 aromatic rings. The predicted molar refractivity (Wildman–Crippen MR) is 113 cm³/mol. The molecule has 0 aliphatic heterocycles. The summed E-state index contributed by atoms with van der Waals surface area (Å²) in [5.74, 6) is -3.33. The topological polar surface area (TPSA) is 206 Å². The summed E-state index contributed by atoms with van der Waals surface area (Å²) < 4.78 is 9.58. The van der Waals surface area contributed by atoms with Gasteiger partial charge in [0.2, 0.25) is 0 Å². The molecule has 14 nitrogen and oxygen atoms in total. The van der Waals surface area contributed by atoms with Crippen LogP contribution in [0.2, 0.25) is 0 Å². The van der Waals surface area contributed by atoms with Gasteiger partial charge in [-0.15, -0.1) is 0 Å². The Kier molecular flexibility index (Phi) is 9.05. The lowest BCUT2D eigenvalue weighted by Gasteiger charge is -2.08. The van der Waals surface area contributed by atoms with Gasteiger partial charge in [0, 0.05) is 23.9 Å². The van der Waals surface area contributed by atoms with E-state index in [1.807, 2.05) is 5.43 Å². The highest BCUT2D eigenvalue weighted by Gasteiger charge is 2.16. The first-order chi connectivity index (χ1) is 15.7. The number of amides is 2. The van der Waals surface area contributed by atoms with Crippen LogP contribution >= 0.6 is 11.8 Å². The van der Waals surface area contributed by atoms with Crippen molar-refractivity contribution >= 4 is 47.0 Å². The number of ether oxygens (including phenoxy) is 2. The zero-order chi connectivity index (χ0) is 24.4. The molecule has 0 aliphatic carbocycles. The summed E-state index contributed by atoms with van der Waals surface area (Å²) in [4.78, 5) is 64.8. The van der Waals surface area contributed by atoms with E-state index in [1.54, 1.807) is 6.92 Å². The fourth-order valence-corrected chi connectivity index (χ4v) is 2.71. The van der Waals surface area contributed by atoms with Gasteiger partial charge >= 0.3 is 11.9 Å². The minimum absolute atomic E-state index is 0.00350. The first-order valence-electron chi connectivity index (χ1n) is 9.13. The monoisotopic (exact) mass is 478 g/mol. The fraction of sp³-hybridized carbons (Fsp3) is 0.222. The highest BCUT2D eigenvalue weighted by atomic mass is 32.2. The Morgan fingerprint density at radius 3 is 2.45 bits per heavy atom. The van der Waals surface area contributed by atoms with Crippen LogP contribution < -0.4 is 16.6 Å². The number of aromatic nitrogens is 2. The van der Waals surface area contributed by atoms with Crippen LogP contribution in [0.4, 0.5) is 11.5 Å². The lowest BCUT2D eigenvalue weighted by molar-refractivity contribution is -0.384. The number of thioether (sulfide) groups is 1. The van der Waals surface area contributed by atoms with E-state index >= 15 is 0 Å². The Morgan fingerprint density at radius 2 is 1.85 bits per heavy atom. The van der Waals surface area contributed by atoms with Gasteiger partial charge in [0.1, 0.15) is 11.4 Å². The summed E-state index contributed by atoms with van der Waals surface area (Å²) in [5, 5.41) is 10.7. The molecule has 0 unspecified atom stereocenters. The van der Waals surface area contributed by atoms with Crippen molar-refractivity contribution in [2.24, 2.45) is 0 Å².